The second kappa shape index (κ2) is 7.24. The largest absolute Gasteiger partial charge is 0.337 e. The Morgan fingerprint density at radius 3 is 2.71 bits per heavy atom. The summed E-state index contributed by atoms with van der Waals surface area (Å²) in [7, 11) is 0. The maximum Gasteiger partial charge on any atom is 0.229 e. The average molecular weight is 363 g/mol. The molecule has 1 unspecified atom stereocenters. The number of halogens is 2. The van der Waals surface area contributed by atoms with E-state index in [1.165, 1.54) is 0 Å². The van der Waals surface area contributed by atoms with Crippen LogP contribution in [0.3, 0.4) is 0 Å². The van der Waals surface area contributed by atoms with Crippen LogP contribution in [0.4, 0.5) is 5.69 Å². The maximum absolute atomic E-state index is 12.4. The molecule has 0 aliphatic carbocycles. The van der Waals surface area contributed by atoms with E-state index in [4.69, 9.17) is 23.2 Å². The van der Waals surface area contributed by atoms with Gasteiger partial charge in [0.1, 0.15) is 0 Å². The fourth-order valence-corrected chi connectivity index (χ4v) is 3.13. The van der Waals surface area contributed by atoms with Crippen molar-refractivity contribution in [1.29, 1.82) is 0 Å². The number of rotatable bonds is 4. The molecule has 1 fully saturated rings. The smallest absolute Gasteiger partial charge is 0.229 e. The predicted octanol–water partition coefficient (Wildman–Crippen LogP) is 3.98. The Balaban J connectivity index is 1.64. The van der Waals surface area contributed by atoms with Crippen LogP contribution in [0.15, 0.2) is 48.5 Å². The summed E-state index contributed by atoms with van der Waals surface area (Å²) in [5, 5.41) is 3.99. The van der Waals surface area contributed by atoms with Gasteiger partial charge in [-0.1, -0.05) is 47.5 Å². The highest BCUT2D eigenvalue weighted by atomic mass is 35.5. The lowest BCUT2D eigenvalue weighted by molar-refractivity contribution is -0.128. The molecule has 0 spiro atoms. The fraction of sp³-hybridized carbons (Fsp3) is 0.222. The standard InChI is InChI=1S/C18H16Cl2N2O2/c19-14-5-3-6-15(9-14)21-18(24)13-8-17(23)22(11-13)10-12-4-1-2-7-16(12)20/h1-7,9,13H,8,10-11H2,(H,21,24). The molecule has 1 heterocycles. The Hall–Kier alpha value is -2.04. The first-order valence-corrected chi connectivity index (χ1v) is 8.36. The summed E-state index contributed by atoms with van der Waals surface area (Å²) >= 11 is 12.1. The minimum Gasteiger partial charge on any atom is -0.337 e. The SMILES string of the molecule is O=C(Nc1cccc(Cl)c1)C1CC(=O)N(Cc2ccccc2Cl)C1. The number of anilines is 1. The zero-order valence-corrected chi connectivity index (χ0v) is 14.3. The lowest BCUT2D eigenvalue weighted by Crippen LogP contribution is -2.28. The molecule has 4 nitrogen and oxygen atoms in total. The lowest BCUT2D eigenvalue weighted by Gasteiger charge is -2.17. The van der Waals surface area contributed by atoms with Crippen molar-refractivity contribution in [2.24, 2.45) is 5.92 Å². The van der Waals surface area contributed by atoms with Crippen molar-refractivity contribution >= 4 is 40.7 Å². The Morgan fingerprint density at radius 1 is 1.17 bits per heavy atom. The van der Waals surface area contributed by atoms with E-state index in [1.54, 1.807) is 35.2 Å². The fourth-order valence-electron chi connectivity index (χ4n) is 2.74. The van der Waals surface area contributed by atoms with E-state index >= 15 is 0 Å². The summed E-state index contributed by atoms with van der Waals surface area (Å²) in [6, 6.07) is 14.3. The van der Waals surface area contributed by atoms with Crippen LogP contribution in [0, 0.1) is 5.92 Å². The Labute approximate surface area is 150 Å². The first kappa shape index (κ1) is 16.8. The van der Waals surface area contributed by atoms with Gasteiger partial charge in [0.25, 0.3) is 0 Å². The minimum atomic E-state index is -0.376. The number of hydrogen-bond donors (Lipinski definition) is 1. The first-order valence-electron chi connectivity index (χ1n) is 7.60. The van der Waals surface area contributed by atoms with Gasteiger partial charge >= 0.3 is 0 Å². The topological polar surface area (TPSA) is 49.4 Å². The molecule has 1 aliphatic heterocycles. The summed E-state index contributed by atoms with van der Waals surface area (Å²) in [5.74, 6) is -0.590. The average Bonchev–Trinajstić information content (AvgIpc) is 2.91. The van der Waals surface area contributed by atoms with E-state index in [2.05, 4.69) is 5.32 Å². The van der Waals surface area contributed by atoms with E-state index in [-0.39, 0.29) is 24.2 Å². The second-order valence-electron chi connectivity index (χ2n) is 5.77. The third kappa shape index (κ3) is 3.89. The molecule has 1 saturated heterocycles. The summed E-state index contributed by atoms with van der Waals surface area (Å²) < 4.78 is 0. The molecule has 3 rings (SSSR count). The Morgan fingerprint density at radius 2 is 1.96 bits per heavy atom. The third-order valence-corrected chi connectivity index (χ3v) is 4.60. The van der Waals surface area contributed by atoms with E-state index in [0.29, 0.717) is 28.8 Å². The quantitative estimate of drug-likeness (QED) is 0.893. The number of nitrogens with one attached hydrogen (secondary N) is 1. The van der Waals surface area contributed by atoms with Crippen molar-refractivity contribution in [2.45, 2.75) is 13.0 Å². The van der Waals surface area contributed by atoms with Crippen LogP contribution >= 0.6 is 23.2 Å². The number of nitrogens with zero attached hydrogens (tertiary/aromatic N) is 1. The molecule has 124 valence electrons. The highest BCUT2D eigenvalue weighted by molar-refractivity contribution is 6.31. The highest BCUT2D eigenvalue weighted by Crippen LogP contribution is 2.25. The van der Waals surface area contributed by atoms with Crippen LogP contribution in [0.25, 0.3) is 0 Å². The number of carbonyl (C=O) groups excluding carboxylic acids is 2. The van der Waals surface area contributed by atoms with E-state index in [9.17, 15) is 9.59 Å². The zero-order valence-electron chi connectivity index (χ0n) is 12.8. The normalized spacial score (nSPS) is 17.2. The molecule has 2 amide bonds. The van der Waals surface area contributed by atoms with Crippen molar-refractivity contribution in [3.63, 3.8) is 0 Å². The van der Waals surface area contributed by atoms with Gasteiger partial charge in [-0.2, -0.15) is 0 Å². The molecule has 6 heteroatoms. The number of carbonyl (C=O) groups is 2. The molecule has 1 aliphatic rings. The van der Waals surface area contributed by atoms with E-state index in [1.807, 2.05) is 18.2 Å². The minimum absolute atomic E-state index is 0.0406. The van der Waals surface area contributed by atoms with Crippen LogP contribution in [-0.2, 0) is 16.1 Å². The van der Waals surface area contributed by atoms with Gasteiger partial charge < -0.3 is 10.2 Å². The van der Waals surface area contributed by atoms with Gasteiger partial charge in [-0.3, -0.25) is 9.59 Å². The monoisotopic (exact) mass is 362 g/mol. The van der Waals surface area contributed by atoms with Crippen molar-refractivity contribution in [3.8, 4) is 0 Å². The number of hydrogen-bond acceptors (Lipinski definition) is 2. The summed E-state index contributed by atoms with van der Waals surface area (Å²) in [6.07, 6.45) is 0.205. The second-order valence-corrected chi connectivity index (χ2v) is 6.61. The van der Waals surface area contributed by atoms with Gasteiger partial charge in [-0.15, -0.1) is 0 Å². The molecule has 0 bridgehead atoms. The van der Waals surface area contributed by atoms with E-state index < -0.39 is 0 Å². The van der Waals surface area contributed by atoms with Gasteiger partial charge in [0, 0.05) is 35.2 Å². The predicted molar refractivity (Wildman–Crippen MR) is 95.1 cm³/mol. The Bertz CT molecular complexity index is 779. The molecule has 1 atom stereocenters. The Kier molecular flexibility index (Phi) is 5.07. The summed E-state index contributed by atoms with van der Waals surface area (Å²) in [6.45, 7) is 0.801. The highest BCUT2D eigenvalue weighted by Gasteiger charge is 2.34. The summed E-state index contributed by atoms with van der Waals surface area (Å²) in [4.78, 5) is 26.2. The maximum atomic E-state index is 12.4. The van der Waals surface area contributed by atoms with Gasteiger partial charge in [0.05, 0.1) is 5.92 Å². The van der Waals surface area contributed by atoms with Gasteiger partial charge in [-0.05, 0) is 29.8 Å². The van der Waals surface area contributed by atoms with Crippen LogP contribution in [0.5, 0.6) is 0 Å². The first-order chi connectivity index (χ1) is 11.5. The molecule has 0 radical (unpaired) electrons. The number of amides is 2. The molecule has 2 aromatic carbocycles. The van der Waals surface area contributed by atoms with Crippen LogP contribution in [-0.4, -0.2) is 23.3 Å². The molecule has 24 heavy (non-hydrogen) atoms. The van der Waals surface area contributed by atoms with Gasteiger partial charge in [0.15, 0.2) is 0 Å². The molecule has 0 saturated carbocycles. The van der Waals surface area contributed by atoms with Crippen molar-refractivity contribution in [1.82, 2.24) is 4.90 Å². The van der Waals surface area contributed by atoms with Crippen molar-refractivity contribution < 1.29 is 9.59 Å². The van der Waals surface area contributed by atoms with Crippen molar-refractivity contribution in [3.05, 3.63) is 64.1 Å². The van der Waals surface area contributed by atoms with Gasteiger partial charge in [0.2, 0.25) is 11.8 Å². The molecular formula is C18H16Cl2N2O2. The molecule has 2 aromatic rings. The molecular weight excluding hydrogens is 347 g/mol. The zero-order chi connectivity index (χ0) is 17.1. The third-order valence-electron chi connectivity index (χ3n) is 4.00. The van der Waals surface area contributed by atoms with Crippen LogP contribution in [0.1, 0.15) is 12.0 Å². The molecule has 0 aromatic heterocycles. The van der Waals surface area contributed by atoms with Crippen LogP contribution < -0.4 is 5.32 Å². The van der Waals surface area contributed by atoms with Gasteiger partial charge in [-0.25, -0.2) is 0 Å². The number of likely N-dealkylation sites (tertiary alicyclic amines) is 1. The summed E-state index contributed by atoms with van der Waals surface area (Å²) in [5.41, 5.74) is 1.51. The van der Waals surface area contributed by atoms with E-state index in [0.717, 1.165) is 5.56 Å². The van der Waals surface area contributed by atoms with Crippen molar-refractivity contribution in [2.75, 3.05) is 11.9 Å². The number of benzene rings is 2. The lowest BCUT2D eigenvalue weighted by atomic mass is 10.1. The van der Waals surface area contributed by atoms with Crippen LogP contribution in [0.2, 0.25) is 10.0 Å². The molecule has 1 N–H and O–H groups in total.